The van der Waals surface area contributed by atoms with Gasteiger partial charge in [-0.15, -0.1) is 0 Å². The summed E-state index contributed by atoms with van der Waals surface area (Å²) in [7, 11) is -3.63. The number of benzene rings is 1. The van der Waals surface area contributed by atoms with E-state index in [-0.39, 0.29) is 10.3 Å². The third-order valence-electron chi connectivity index (χ3n) is 3.66. The van der Waals surface area contributed by atoms with Crippen LogP contribution in [0.3, 0.4) is 0 Å². The van der Waals surface area contributed by atoms with Crippen molar-refractivity contribution in [2.75, 3.05) is 11.9 Å². The molecule has 3 nitrogen and oxygen atoms in total. The molecular formula is C13H17BrFNO2S. The summed E-state index contributed by atoms with van der Waals surface area (Å²) in [5.74, 6) is -0.535. The van der Waals surface area contributed by atoms with Crippen molar-refractivity contribution in [1.82, 2.24) is 4.72 Å². The van der Waals surface area contributed by atoms with Gasteiger partial charge in [-0.1, -0.05) is 22.0 Å². The summed E-state index contributed by atoms with van der Waals surface area (Å²) >= 11 is 3.38. The average molecular weight is 350 g/mol. The van der Waals surface area contributed by atoms with E-state index in [1.165, 1.54) is 12.1 Å². The highest BCUT2D eigenvalue weighted by molar-refractivity contribution is 9.09. The van der Waals surface area contributed by atoms with E-state index in [1.807, 2.05) is 0 Å². The highest BCUT2D eigenvalue weighted by Crippen LogP contribution is 2.48. The van der Waals surface area contributed by atoms with E-state index in [0.29, 0.717) is 12.1 Å². The van der Waals surface area contributed by atoms with Crippen LogP contribution in [0.15, 0.2) is 23.1 Å². The number of hydrogen-bond donors (Lipinski definition) is 1. The minimum absolute atomic E-state index is 0.0298. The molecule has 2 rings (SSSR count). The lowest BCUT2D eigenvalue weighted by Gasteiger charge is -2.15. The molecule has 0 heterocycles. The second-order valence-electron chi connectivity index (χ2n) is 5.17. The number of rotatable bonds is 6. The van der Waals surface area contributed by atoms with Gasteiger partial charge < -0.3 is 0 Å². The zero-order valence-electron chi connectivity index (χ0n) is 10.7. The van der Waals surface area contributed by atoms with E-state index < -0.39 is 15.8 Å². The zero-order chi connectivity index (χ0) is 14.1. The average Bonchev–Trinajstić information content (AvgIpc) is 3.11. The number of aryl methyl sites for hydroxylation is 1. The quantitative estimate of drug-likeness (QED) is 0.802. The Kier molecular flexibility index (Phi) is 4.32. The van der Waals surface area contributed by atoms with Crippen LogP contribution in [-0.2, 0) is 10.0 Å². The zero-order valence-corrected chi connectivity index (χ0v) is 13.2. The molecule has 0 radical (unpaired) electrons. The van der Waals surface area contributed by atoms with Crippen molar-refractivity contribution in [3.8, 4) is 0 Å². The molecule has 6 heteroatoms. The maximum absolute atomic E-state index is 13.2. The van der Waals surface area contributed by atoms with Gasteiger partial charge in [-0.2, -0.15) is 0 Å². The molecule has 19 heavy (non-hydrogen) atoms. The number of hydrogen-bond acceptors (Lipinski definition) is 2. The van der Waals surface area contributed by atoms with E-state index in [9.17, 15) is 12.8 Å². The first-order valence-electron chi connectivity index (χ1n) is 6.20. The fraction of sp³-hybridized carbons (Fsp3) is 0.538. The first-order valence-corrected chi connectivity index (χ1v) is 8.81. The number of sulfonamides is 1. The Balaban J connectivity index is 2.12. The van der Waals surface area contributed by atoms with Crippen LogP contribution >= 0.6 is 15.9 Å². The molecule has 1 N–H and O–H groups in total. The third kappa shape index (κ3) is 3.55. The molecule has 0 unspecified atom stereocenters. The minimum atomic E-state index is -3.63. The van der Waals surface area contributed by atoms with Crippen molar-refractivity contribution in [2.24, 2.45) is 5.41 Å². The highest BCUT2D eigenvalue weighted by atomic mass is 79.9. The second-order valence-corrected chi connectivity index (χ2v) is 7.70. The number of halogens is 2. The highest BCUT2D eigenvalue weighted by Gasteiger charge is 2.42. The standard InChI is InChI=1S/C13H17BrFNO2S/c1-10-2-3-11(15)8-12(10)19(17,18)16-9-13(4-5-13)6-7-14/h2-3,8,16H,4-7,9H2,1H3. The third-order valence-corrected chi connectivity index (χ3v) is 5.60. The van der Waals surface area contributed by atoms with Gasteiger partial charge in [0.1, 0.15) is 5.82 Å². The van der Waals surface area contributed by atoms with Gasteiger partial charge in [-0.05, 0) is 49.3 Å². The van der Waals surface area contributed by atoms with Crippen molar-refractivity contribution in [2.45, 2.75) is 31.1 Å². The van der Waals surface area contributed by atoms with Crippen LogP contribution < -0.4 is 4.72 Å². The van der Waals surface area contributed by atoms with E-state index >= 15 is 0 Å². The number of alkyl halides is 1. The molecule has 106 valence electrons. The lowest BCUT2D eigenvalue weighted by molar-refractivity contribution is 0.480. The maximum Gasteiger partial charge on any atom is 0.240 e. The predicted molar refractivity (Wildman–Crippen MR) is 76.4 cm³/mol. The van der Waals surface area contributed by atoms with Crippen molar-refractivity contribution in [3.05, 3.63) is 29.6 Å². The van der Waals surface area contributed by atoms with Gasteiger partial charge in [0.2, 0.25) is 10.0 Å². The van der Waals surface area contributed by atoms with Crippen molar-refractivity contribution in [3.63, 3.8) is 0 Å². The normalized spacial score (nSPS) is 17.4. The van der Waals surface area contributed by atoms with Crippen LogP contribution in [0.5, 0.6) is 0 Å². The first kappa shape index (κ1) is 14.9. The van der Waals surface area contributed by atoms with Crippen LogP contribution in [0.2, 0.25) is 0 Å². The fourth-order valence-corrected chi connectivity index (χ4v) is 4.33. The molecule has 0 saturated heterocycles. The maximum atomic E-state index is 13.2. The Labute approximate surface area is 121 Å². The first-order chi connectivity index (χ1) is 8.88. The van der Waals surface area contributed by atoms with Gasteiger partial charge >= 0.3 is 0 Å². The van der Waals surface area contributed by atoms with Gasteiger partial charge in [-0.25, -0.2) is 17.5 Å². The Hall–Kier alpha value is -0.460. The summed E-state index contributed by atoms with van der Waals surface area (Å²) in [4.78, 5) is 0.0298. The lowest BCUT2D eigenvalue weighted by atomic mass is 10.1. The topological polar surface area (TPSA) is 46.2 Å². The smallest absolute Gasteiger partial charge is 0.211 e. The molecule has 0 bridgehead atoms. The van der Waals surface area contributed by atoms with Gasteiger partial charge in [0.05, 0.1) is 4.90 Å². The molecule has 1 fully saturated rings. The van der Waals surface area contributed by atoms with Gasteiger partial charge in [-0.3, -0.25) is 0 Å². The van der Waals surface area contributed by atoms with Gasteiger partial charge in [0, 0.05) is 11.9 Å². The Morgan fingerprint density at radius 2 is 2.11 bits per heavy atom. The van der Waals surface area contributed by atoms with Crippen LogP contribution in [0.25, 0.3) is 0 Å². The van der Waals surface area contributed by atoms with E-state index in [1.54, 1.807) is 6.92 Å². The molecule has 1 saturated carbocycles. The van der Waals surface area contributed by atoms with Crippen LogP contribution in [0.1, 0.15) is 24.8 Å². The van der Waals surface area contributed by atoms with Crippen LogP contribution in [0.4, 0.5) is 4.39 Å². The van der Waals surface area contributed by atoms with E-state index in [0.717, 1.165) is 30.7 Å². The molecule has 1 aromatic rings. The summed E-state index contributed by atoms with van der Waals surface area (Å²) in [6, 6.07) is 3.82. The van der Waals surface area contributed by atoms with E-state index in [2.05, 4.69) is 20.7 Å². The second kappa shape index (κ2) is 5.50. The summed E-state index contributed by atoms with van der Waals surface area (Å²) in [5.41, 5.74) is 0.650. The van der Waals surface area contributed by atoms with Crippen molar-refractivity contribution < 1.29 is 12.8 Å². The molecule has 1 aliphatic rings. The minimum Gasteiger partial charge on any atom is -0.211 e. The Morgan fingerprint density at radius 1 is 1.42 bits per heavy atom. The summed E-state index contributed by atoms with van der Waals surface area (Å²) in [6.07, 6.45) is 3.05. The molecule has 1 aliphatic carbocycles. The Morgan fingerprint density at radius 3 is 2.68 bits per heavy atom. The van der Waals surface area contributed by atoms with Gasteiger partial charge in [0.15, 0.2) is 0 Å². The van der Waals surface area contributed by atoms with Gasteiger partial charge in [0.25, 0.3) is 0 Å². The van der Waals surface area contributed by atoms with Crippen molar-refractivity contribution in [1.29, 1.82) is 0 Å². The molecule has 0 aromatic heterocycles. The summed E-state index contributed by atoms with van der Waals surface area (Å²) in [5, 5.41) is 0.869. The SMILES string of the molecule is Cc1ccc(F)cc1S(=O)(=O)NCC1(CCBr)CC1. The fourth-order valence-electron chi connectivity index (χ4n) is 2.08. The molecular weight excluding hydrogens is 333 g/mol. The largest absolute Gasteiger partial charge is 0.240 e. The van der Waals surface area contributed by atoms with Crippen LogP contribution in [0, 0.1) is 18.2 Å². The molecule has 0 aliphatic heterocycles. The molecule has 0 amide bonds. The molecule has 0 atom stereocenters. The van der Waals surface area contributed by atoms with Crippen LogP contribution in [-0.4, -0.2) is 20.3 Å². The summed E-state index contributed by atoms with van der Waals surface area (Å²) in [6.45, 7) is 2.09. The lowest BCUT2D eigenvalue weighted by Crippen LogP contribution is -2.31. The monoisotopic (exact) mass is 349 g/mol. The summed E-state index contributed by atoms with van der Waals surface area (Å²) < 4.78 is 40.2. The molecule has 0 spiro atoms. The molecule has 1 aromatic carbocycles. The van der Waals surface area contributed by atoms with Crippen molar-refractivity contribution >= 4 is 26.0 Å². The predicted octanol–water partition coefficient (Wildman–Crippen LogP) is 2.98. The number of nitrogens with one attached hydrogen (secondary N) is 1. The Bertz CT molecular complexity index is 570. The van der Waals surface area contributed by atoms with E-state index in [4.69, 9.17) is 0 Å².